The van der Waals surface area contributed by atoms with Crippen molar-refractivity contribution in [1.82, 2.24) is 14.7 Å². The lowest BCUT2D eigenvalue weighted by molar-refractivity contribution is 0.0673. The third-order valence-corrected chi connectivity index (χ3v) is 3.05. The molecule has 0 saturated carbocycles. The summed E-state index contributed by atoms with van der Waals surface area (Å²) in [5, 5.41) is 0. The van der Waals surface area contributed by atoms with Crippen LogP contribution < -0.4 is 0 Å². The number of likely N-dealkylation sites (N-methyl/N-ethyl adjacent to an activating group) is 1. The summed E-state index contributed by atoms with van der Waals surface area (Å²) in [6.07, 6.45) is 0. The van der Waals surface area contributed by atoms with Crippen LogP contribution in [-0.4, -0.2) is 67.5 Å². The molecule has 2 fully saturated rings. The third kappa shape index (κ3) is 1.29. The average Bonchev–Trinajstić information content (AvgIpc) is 2.31. The van der Waals surface area contributed by atoms with Gasteiger partial charge in [-0.15, -0.1) is 0 Å². The largest absolute Gasteiger partial charge is 0.331 e. The fourth-order valence-corrected chi connectivity index (χ4v) is 2.32. The first kappa shape index (κ1) is 8.81. The molecule has 2 aliphatic rings. The van der Waals surface area contributed by atoms with Crippen molar-refractivity contribution in [1.29, 1.82) is 0 Å². The average molecular weight is 183 g/mol. The van der Waals surface area contributed by atoms with E-state index in [0.717, 1.165) is 25.6 Å². The monoisotopic (exact) mass is 183 g/mol. The Hall–Kier alpha value is -0.770. The van der Waals surface area contributed by atoms with E-state index in [1.807, 2.05) is 19.0 Å². The Morgan fingerprint density at radius 3 is 2.54 bits per heavy atom. The number of hydrogen-bond donors (Lipinski definition) is 0. The van der Waals surface area contributed by atoms with Gasteiger partial charge in [0.2, 0.25) is 0 Å². The second kappa shape index (κ2) is 2.87. The summed E-state index contributed by atoms with van der Waals surface area (Å²) >= 11 is 0. The number of carbonyl (C=O) groups is 1. The highest BCUT2D eigenvalue weighted by Gasteiger charge is 2.46. The SMILES string of the molecule is CN1CC2CN(C(=O)N(C)C)C2C1. The molecule has 0 aromatic rings. The topological polar surface area (TPSA) is 26.8 Å². The summed E-state index contributed by atoms with van der Waals surface area (Å²) in [6.45, 7) is 3.15. The van der Waals surface area contributed by atoms with E-state index in [1.54, 1.807) is 4.90 Å². The first-order valence-electron chi connectivity index (χ1n) is 4.76. The lowest BCUT2D eigenvalue weighted by atomic mass is 9.92. The van der Waals surface area contributed by atoms with Crippen LogP contribution in [-0.2, 0) is 0 Å². The molecular formula is C9H17N3O. The Morgan fingerprint density at radius 1 is 1.31 bits per heavy atom. The van der Waals surface area contributed by atoms with Gasteiger partial charge >= 0.3 is 6.03 Å². The predicted molar refractivity (Wildman–Crippen MR) is 50.6 cm³/mol. The van der Waals surface area contributed by atoms with E-state index >= 15 is 0 Å². The number of likely N-dealkylation sites (tertiary alicyclic amines) is 2. The molecule has 2 unspecified atom stereocenters. The maximum absolute atomic E-state index is 11.6. The molecule has 0 radical (unpaired) electrons. The molecule has 0 aromatic heterocycles. The number of carbonyl (C=O) groups excluding carboxylic acids is 1. The van der Waals surface area contributed by atoms with Crippen LogP contribution >= 0.6 is 0 Å². The second-order valence-corrected chi connectivity index (χ2v) is 4.38. The van der Waals surface area contributed by atoms with Gasteiger partial charge in [0.05, 0.1) is 6.04 Å². The van der Waals surface area contributed by atoms with Crippen LogP contribution in [0, 0.1) is 5.92 Å². The van der Waals surface area contributed by atoms with Crippen molar-refractivity contribution in [2.24, 2.45) is 5.92 Å². The normalized spacial score (nSPS) is 32.7. The lowest BCUT2D eigenvalue weighted by Gasteiger charge is -2.44. The molecule has 13 heavy (non-hydrogen) atoms. The van der Waals surface area contributed by atoms with E-state index in [-0.39, 0.29) is 6.03 Å². The minimum absolute atomic E-state index is 0.163. The predicted octanol–water partition coefficient (Wildman–Crippen LogP) is -0.0862. The molecule has 0 N–H and O–H groups in total. The van der Waals surface area contributed by atoms with Crippen LogP contribution in [0.25, 0.3) is 0 Å². The summed E-state index contributed by atoms with van der Waals surface area (Å²) in [6, 6.07) is 0.649. The van der Waals surface area contributed by atoms with Crippen molar-refractivity contribution in [2.75, 3.05) is 40.8 Å². The number of hydrogen-bond acceptors (Lipinski definition) is 2. The van der Waals surface area contributed by atoms with E-state index in [2.05, 4.69) is 11.9 Å². The first-order valence-corrected chi connectivity index (χ1v) is 4.76. The van der Waals surface area contributed by atoms with Gasteiger partial charge in [0.15, 0.2) is 0 Å². The minimum Gasteiger partial charge on any atom is -0.331 e. The fraction of sp³-hybridized carbons (Fsp3) is 0.889. The molecule has 0 aliphatic carbocycles. The zero-order chi connectivity index (χ0) is 9.59. The Balaban J connectivity index is 1.96. The van der Waals surface area contributed by atoms with Crippen LogP contribution in [0.4, 0.5) is 4.79 Å². The van der Waals surface area contributed by atoms with Gasteiger partial charge in [-0.05, 0) is 7.05 Å². The summed E-state index contributed by atoms with van der Waals surface area (Å²) in [7, 11) is 5.75. The first-order chi connectivity index (χ1) is 6.09. The lowest BCUT2D eigenvalue weighted by Crippen LogP contribution is -2.60. The molecule has 2 rings (SSSR count). The van der Waals surface area contributed by atoms with Crippen molar-refractivity contribution in [3.8, 4) is 0 Å². The molecule has 0 aromatic carbocycles. The Morgan fingerprint density at radius 2 is 2.00 bits per heavy atom. The molecule has 4 heteroatoms. The maximum atomic E-state index is 11.6. The standard InChI is InChI=1S/C9H17N3O/c1-10(2)9(13)12-5-7-4-11(3)6-8(7)12/h7-8H,4-6H2,1-3H3. The van der Waals surface area contributed by atoms with Crippen LogP contribution in [0.2, 0.25) is 0 Å². The van der Waals surface area contributed by atoms with E-state index in [1.165, 1.54) is 0 Å². The Labute approximate surface area is 79.1 Å². The van der Waals surface area contributed by atoms with E-state index in [4.69, 9.17) is 0 Å². The second-order valence-electron chi connectivity index (χ2n) is 4.38. The molecule has 0 bridgehead atoms. The van der Waals surface area contributed by atoms with Gasteiger partial charge in [-0.2, -0.15) is 0 Å². The summed E-state index contributed by atoms with van der Waals surface area (Å²) in [4.78, 5) is 17.6. The third-order valence-electron chi connectivity index (χ3n) is 3.05. The van der Waals surface area contributed by atoms with Gasteiger partial charge in [-0.25, -0.2) is 4.79 Å². The molecule has 2 saturated heterocycles. The van der Waals surface area contributed by atoms with Crippen LogP contribution in [0.5, 0.6) is 0 Å². The van der Waals surface area contributed by atoms with Gasteiger partial charge in [0, 0.05) is 39.6 Å². The molecule has 4 nitrogen and oxygen atoms in total. The highest BCUT2D eigenvalue weighted by molar-refractivity contribution is 5.75. The van der Waals surface area contributed by atoms with Gasteiger partial charge in [-0.1, -0.05) is 0 Å². The van der Waals surface area contributed by atoms with Gasteiger partial charge in [-0.3, -0.25) is 0 Å². The van der Waals surface area contributed by atoms with Crippen molar-refractivity contribution < 1.29 is 4.79 Å². The van der Waals surface area contributed by atoms with Crippen molar-refractivity contribution >= 4 is 6.03 Å². The number of rotatable bonds is 0. The van der Waals surface area contributed by atoms with Gasteiger partial charge < -0.3 is 14.7 Å². The fourth-order valence-electron chi connectivity index (χ4n) is 2.32. The molecule has 0 spiro atoms. The highest BCUT2D eigenvalue weighted by atomic mass is 16.2. The number of amides is 2. The zero-order valence-corrected chi connectivity index (χ0v) is 8.53. The van der Waals surface area contributed by atoms with Crippen molar-refractivity contribution in [3.05, 3.63) is 0 Å². The molecule has 2 heterocycles. The van der Waals surface area contributed by atoms with E-state index in [9.17, 15) is 4.79 Å². The van der Waals surface area contributed by atoms with Crippen molar-refractivity contribution in [2.45, 2.75) is 6.04 Å². The minimum atomic E-state index is 0.163. The number of nitrogens with zero attached hydrogens (tertiary/aromatic N) is 3. The van der Waals surface area contributed by atoms with Gasteiger partial charge in [0.1, 0.15) is 0 Å². The molecule has 2 amide bonds. The molecule has 2 aliphatic heterocycles. The molecular weight excluding hydrogens is 166 g/mol. The number of fused-ring (bicyclic) bond motifs is 1. The Bertz CT molecular complexity index is 229. The Kier molecular flexibility index (Phi) is 1.95. The summed E-state index contributed by atoms with van der Waals surface area (Å²) < 4.78 is 0. The van der Waals surface area contributed by atoms with Gasteiger partial charge in [0.25, 0.3) is 0 Å². The summed E-state index contributed by atoms with van der Waals surface area (Å²) in [5.74, 6) is 0.730. The molecule has 74 valence electrons. The quantitative estimate of drug-likeness (QED) is 0.525. The van der Waals surface area contributed by atoms with Crippen LogP contribution in [0.15, 0.2) is 0 Å². The highest BCUT2D eigenvalue weighted by Crippen LogP contribution is 2.31. The van der Waals surface area contributed by atoms with Crippen LogP contribution in [0.1, 0.15) is 0 Å². The van der Waals surface area contributed by atoms with E-state index < -0.39 is 0 Å². The number of urea groups is 1. The maximum Gasteiger partial charge on any atom is 0.319 e. The van der Waals surface area contributed by atoms with Crippen molar-refractivity contribution in [3.63, 3.8) is 0 Å². The zero-order valence-electron chi connectivity index (χ0n) is 8.53. The van der Waals surface area contributed by atoms with Crippen LogP contribution in [0.3, 0.4) is 0 Å². The van der Waals surface area contributed by atoms with E-state index in [0.29, 0.717) is 6.04 Å². The smallest absolute Gasteiger partial charge is 0.319 e. The molecule has 2 atom stereocenters. The summed E-state index contributed by atoms with van der Waals surface area (Å²) in [5.41, 5.74) is 0.